The van der Waals surface area contributed by atoms with Gasteiger partial charge in [-0.25, -0.2) is 9.97 Å². The second-order valence-electron chi connectivity index (χ2n) is 7.85. The maximum absolute atomic E-state index is 12.4. The molecule has 0 radical (unpaired) electrons. The van der Waals surface area contributed by atoms with E-state index in [4.69, 9.17) is 21.3 Å². The van der Waals surface area contributed by atoms with Crippen molar-refractivity contribution in [2.75, 3.05) is 39.2 Å². The van der Waals surface area contributed by atoms with Crippen LogP contribution in [0.2, 0.25) is 0 Å². The molecule has 10 nitrogen and oxygen atoms in total. The van der Waals surface area contributed by atoms with E-state index in [1.165, 1.54) is 6.20 Å². The SMILES string of the molecule is CNCc1ccc(C(=N)OC(=N)c2nc(-c3ccc(S(=O)CCN(C)C)cc3)cnc2N)cc1.O.[HH].[HH].[HH]. The molecule has 3 rings (SSSR count). The van der Waals surface area contributed by atoms with Gasteiger partial charge in [0, 0.05) is 39.1 Å². The van der Waals surface area contributed by atoms with E-state index in [1.807, 2.05) is 50.3 Å². The van der Waals surface area contributed by atoms with Crippen LogP contribution in [0.3, 0.4) is 0 Å². The maximum atomic E-state index is 12.4. The van der Waals surface area contributed by atoms with Crippen LogP contribution in [-0.4, -0.2) is 69.8 Å². The Morgan fingerprint density at radius 3 is 2.37 bits per heavy atom. The largest absolute Gasteiger partial charge is 0.419 e. The molecule has 1 unspecified atom stereocenters. The molecule has 11 heteroatoms. The Kier molecular flexibility index (Phi) is 10.2. The van der Waals surface area contributed by atoms with Crippen LogP contribution in [0.15, 0.2) is 59.6 Å². The molecule has 0 amide bonds. The highest BCUT2D eigenvalue weighted by Crippen LogP contribution is 2.21. The molecule has 1 aromatic heterocycles. The minimum absolute atomic E-state index is 0. The van der Waals surface area contributed by atoms with Crippen molar-refractivity contribution in [3.63, 3.8) is 0 Å². The van der Waals surface area contributed by atoms with Crippen molar-refractivity contribution in [1.29, 1.82) is 10.8 Å². The van der Waals surface area contributed by atoms with Gasteiger partial charge < -0.3 is 26.2 Å². The van der Waals surface area contributed by atoms with Gasteiger partial charge >= 0.3 is 0 Å². The van der Waals surface area contributed by atoms with Crippen molar-refractivity contribution in [3.05, 3.63) is 71.5 Å². The van der Waals surface area contributed by atoms with Crippen LogP contribution in [0.4, 0.5) is 5.82 Å². The Labute approximate surface area is 211 Å². The molecule has 1 heterocycles. The standard InChI is InChI=1S/C24H29N7O2S.H2O.3H2/c1-28-14-16-4-6-18(7-5-16)23(26)33-24(27)21-22(25)29-15-20(30-21)17-8-10-19(11-9-17)34(32)13-12-31(2)3;;;;/h4-11,15,26-28H,12-14H2,1-3H3,(H2,25,29);1H2;3*1H. The zero-order chi connectivity index (χ0) is 24.7. The molecule has 2 aromatic carbocycles. The van der Waals surface area contributed by atoms with Gasteiger partial charge in [-0.3, -0.25) is 15.0 Å². The lowest BCUT2D eigenvalue weighted by Crippen LogP contribution is -2.19. The summed E-state index contributed by atoms with van der Waals surface area (Å²) >= 11 is 0. The van der Waals surface area contributed by atoms with E-state index in [-0.39, 0.29) is 33.1 Å². The molecule has 0 bridgehead atoms. The van der Waals surface area contributed by atoms with Crippen molar-refractivity contribution in [1.82, 2.24) is 20.2 Å². The highest BCUT2D eigenvalue weighted by Gasteiger charge is 2.16. The van der Waals surface area contributed by atoms with Crippen LogP contribution in [0.1, 0.15) is 21.1 Å². The van der Waals surface area contributed by atoms with E-state index < -0.39 is 10.8 Å². The predicted molar refractivity (Wildman–Crippen MR) is 146 cm³/mol. The van der Waals surface area contributed by atoms with Gasteiger partial charge in [0.15, 0.2) is 11.5 Å². The van der Waals surface area contributed by atoms with E-state index in [9.17, 15) is 4.21 Å². The van der Waals surface area contributed by atoms with E-state index in [0.29, 0.717) is 17.0 Å². The fourth-order valence-corrected chi connectivity index (χ4v) is 4.26. The number of hydrogen-bond donors (Lipinski definition) is 4. The van der Waals surface area contributed by atoms with Crippen molar-refractivity contribution < 1.29 is 18.7 Å². The third kappa shape index (κ3) is 7.49. The van der Waals surface area contributed by atoms with Gasteiger partial charge in [0.05, 0.1) is 22.7 Å². The molecule has 192 valence electrons. The second-order valence-corrected chi connectivity index (χ2v) is 9.42. The number of rotatable bonds is 9. The number of nitrogens with zero attached hydrogens (tertiary/aromatic N) is 3. The van der Waals surface area contributed by atoms with Crippen LogP contribution in [0, 0.1) is 10.8 Å². The molecule has 1 atom stereocenters. The van der Waals surface area contributed by atoms with Crippen LogP contribution in [-0.2, 0) is 22.1 Å². The third-order valence-corrected chi connectivity index (χ3v) is 6.31. The Hall–Kier alpha value is -3.51. The zero-order valence-electron chi connectivity index (χ0n) is 20.0. The Balaban J connectivity index is 0. The molecular formula is C24H37N7O3S. The number of anilines is 1. The summed E-state index contributed by atoms with van der Waals surface area (Å²) in [7, 11) is 4.66. The van der Waals surface area contributed by atoms with Crippen molar-refractivity contribution in [3.8, 4) is 11.3 Å². The maximum Gasteiger partial charge on any atom is 0.243 e. The summed E-state index contributed by atoms with van der Waals surface area (Å²) in [5.74, 6) is 0.0404. The molecule has 0 spiro atoms. The van der Waals surface area contributed by atoms with E-state index >= 15 is 0 Å². The molecular weight excluding hydrogens is 466 g/mol. The predicted octanol–water partition coefficient (Wildman–Crippen LogP) is 2.40. The summed E-state index contributed by atoms with van der Waals surface area (Å²) in [4.78, 5) is 11.3. The Morgan fingerprint density at radius 2 is 1.77 bits per heavy atom. The minimum Gasteiger partial charge on any atom is -0.419 e. The highest BCUT2D eigenvalue weighted by molar-refractivity contribution is 7.85. The molecule has 0 saturated heterocycles. The van der Waals surface area contributed by atoms with Gasteiger partial charge in [0.2, 0.25) is 11.8 Å². The Bertz CT molecular complexity index is 1200. The number of hydrogen-bond acceptors (Lipinski definition) is 9. The zero-order valence-corrected chi connectivity index (χ0v) is 20.8. The first-order chi connectivity index (χ1) is 16.3. The number of benzene rings is 2. The van der Waals surface area contributed by atoms with Gasteiger partial charge in [-0.1, -0.05) is 24.3 Å². The van der Waals surface area contributed by atoms with Crippen LogP contribution in [0.25, 0.3) is 11.3 Å². The minimum atomic E-state index is -1.09. The molecule has 0 fully saturated rings. The van der Waals surface area contributed by atoms with Gasteiger partial charge in [0.1, 0.15) is 0 Å². The molecule has 0 aliphatic rings. The van der Waals surface area contributed by atoms with E-state index in [0.717, 1.165) is 29.1 Å². The molecule has 0 aliphatic carbocycles. The summed E-state index contributed by atoms with van der Waals surface area (Å²) in [5.41, 5.74) is 8.83. The summed E-state index contributed by atoms with van der Waals surface area (Å²) in [6.45, 7) is 1.45. The first-order valence-corrected chi connectivity index (χ1v) is 12.0. The number of ether oxygens (including phenoxy) is 1. The first-order valence-electron chi connectivity index (χ1n) is 10.6. The summed E-state index contributed by atoms with van der Waals surface area (Å²) in [6, 6.07) is 14.5. The second kappa shape index (κ2) is 12.8. The topological polar surface area (TPSA) is 173 Å². The fourth-order valence-electron chi connectivity index (χ4n) is 3.05. The first kappa shape index (κ1) is 27.7. The van der Waals surface area contributed by atoms with Gasteiger partial charge in [-0.15, -0.1) is 0 Å². The van der Waals surface area contributed by atoms with Crippen molar-refractivity contribution >= 4 is 28.4 Å². The van der Waals surface area contributed by atoms with Crippen molar-refractivity contribution in [2.24, 2.45) is 0 Å². The molecule has 0 saturated carbocycles. The van der Waals surface area contributed by atoms with Gasteiger partial charge in [0.25, 0.3) is 0 Å². The van der Waals surface area contributed by atoms with Crippen molar-refractivity contribution in [2.45, 2.75) is 11.4 Å². The van der Waals surface area contributed by atoms with E-state index in [1.54, 1.807) is 24.3 Å². The number of nitrogens with one attached hydrogen (secondary N) is 3. The van der Waals surface area contributed by atoms with Crippen LogP contribution < -0.4 is 11.1 Å². The number of nitrogen functional groups attached to an aromatic ring is 1. The third-order valence-electron chi connectivity index (χ3n) is 4.95. The number of nitrogens with two attached hydrogens (primary N) is 1. The lowest BCUT2D eigenvalue weighted by Gasteiger charge is -2.11. The molecule has 0 aliphatic heterocycles. The lowest BCUT2D eigenvalue weighted by atomic mass is 10.1. The average molecular weight is 504 g/mol. The average Bonchev–Trinajstić information content (AvgIpc) is 2.83. The molecule has 7 N–H and O–H groups in total. The monoisotopic (exact) mass is 503 g/mol. The quantitative estimate of drug-likeness (QED) is 0.256. The van der Waals surface area contributed by atoms with Gasteiger partial charge in [-0.05, 0) is 51.0 Å². The van der Waals surface area contributed by atoms with Gasteiger partial charge in [-0.2, -0.15) is 0 Å². The number of aromatic nitrogens is 2. The summed E-state index contributed by atoms with van der Waals surface area (Å²) < 4.78 is 17.8. The highest BCUT2D eigenvalue weighted by atomic mass is 32.2. The normalized spacial score (nSPS) is 11.5. The smallest absolute Gasteiger partial charge is 0.243 e. The Morgan fingerprint density at radius 1 is 1.11 bits per heavy atom. The molecule has 3 aromatic rings. The van der Waals surface area contributed by atoms with Crippen LogP contribution >= 0.6 is 0 Å². The fraction of sp³-hybridized carbons (Fsp3) is 0.250. The van der Waals surface area contributed by atoms with E-state index in [2.05, 4.69) is 15.3 Å². The van der Waals surface area contributed by atoms with Crippen LogP contribution in [0.5, 0.6) is 0 Å². The molecule has 35 heavy (non-hydrogen) atoms. The summed E-state index contributed by atoms with van der Waals surface area (Å²) in [6.07, 6.45) is 1.51. The lowest BCUT2D eigenvalue weighted by molar-refractivity contribution is 0.435. The summed E-state index contributed by atoms with van der Waals surface area (Å²) in [5, 5.41) is 19.5.